The zero-order valence-electron chi connectivity index (χ0n) is 20.3. The molecule has 1 heterocycles. The minimum atomic E-state index is -1.62. The lowest BCUT2D eigenvalue weighted by Crippen LogP contribution is -2.60. The number of carbonyl (C=O) groups is 2. The first kappa shape index (κ1) is 30.8. The zero-order valence-corrected chi connectivity index (χ0v) is 20.3. The van der Waals surface area contributed by atoms with E-state index in [1.165, 1.54) is 0 Å². The lowest BCUT2D eigenvalue weighted by molar-refractivity contribution is -0.306. The van der Waals surface area contributed by atoms with Gasteiger partial charge in [0, 0.05) is 39.0 Å². The van der Waals surface area contributed by atoms with Gasteiger partial charge in [0.2, 0.25) is 11.8 Å². The van der Waals surface area contributed by atoms with Gasteiger partial charge in [0.1, 0.15) is 36.6 Å². The van der Waals surface area contributed by atoms with E-state index >= 15 is 0 Å². The molecule has 0 aromatic carbocycles. The number of carbonyl (C=O) groups excluding carboxylic acids is 2. The molecule has 0 radical (unpaired) electrons. The largest absolute Gasteiger partial charge is 0.396 e. The van der Waals surface area contributed by atoms with Gasteiger partial charge in [-0.05, 0) is 19.3 Å². The highest BCUT2D eigenvalue weighted by molar-refractivity contribution is 5.76. The Balaban J connectivity index is 1.76. The molecule has 36 heavy (non-hydrogen) atoms. The van der Waals surface area contributed by atoms with Crippen molar-refractivity contribution in [3.05, 3.63) is 0 Å². The molecule has 10 atom stereocenters. The number of aliphatic hydroxyl groups is 7. The maximum absolute atomic E-state index is 11.9. The van der Waals surface area contributed by atoms with E-state index in [9.17, 15) is 45.3 Å². The number of hydrogen-bond acceptors (Lipinski definition) is 12. The minimum absolute atomic E-state index is 0.0370. The lowest BCUT2D eigenvalue weighted by atomic mass is 9.81. The van der Waals surface area contributed by atoms with Crippen LogP contribution < -0.4 is 10.6 Å². The second kappa shape index (κ2) is 15.1. The van der Waals surface area contributed by atoms with Gasteiger partial charge in [0.15, 0.2) is 6.29 Å². The maximum atomic E-state index is 11.9. The van der Waals surface area contributed by atoms with E-state index in [1.54, 1.807) is 7.05 Å². The van der Waals surface area contributed by atoms with Crippen LogP contribution in [0.4, 0.5) is 0 Å². The van der Waals surface area contributed by atoms with Gasteiger partial charge in [-0.3, -0.25) is 9.59 Å². The Labute approximate surface area is 209 Å². The van der Waals surface area contributed by atoms with Crippen LogP contribution in [0.1, 0.15) is 32.1 Å². The molecule has 0 aromatic heterocycles. The van der Waals surface area contributed by atoms with Crippen molar-refractivity contribution in [1.82, 2.24) is 10.6 Å². The molecule has 14 heteroatoms. The SMILES string of the molecule is CNC(=O)CCCCC(=O)NCCO[C@H]1O[C@H](CO[C@H]2C[C@H](CO)[C@@H](O)[C@H](O)[C@@H]2O)[C@@H](O)[C@H](O)[C@@H]1O. The molecule has 2 aliphatic rings. The third-order valence-electron chi connectivity index (χ3n) is 6.52. The van der Waals surface area contributed by atoms with Crippen LogP contribution in [-0.4, -0.2) is 136 Å². The Morgan fingerprint density at radius 1 is 0.861 bits per heavy atom. The van der Waals surface area contributed by atoms with Gasteiger partial charge in [0.05, 0.1) is 25.4 Å². The molecule has 1 saturated carbocycles. The fourth-order valence-corrected chi connectivity index (χ4v) is 4.19. The summed E-state index contributed by atoms with van der Waals surface area (Å²) in [6, 6.07) is 0. The smallest absolute Gasteiger partial charge is 0.220 e. The highest BCUT2D eigenvalue weighted by Gasteiger charge is 2.46. The van der Waals surface area contributed by atoms with Gasteiger partial charge in [-0.15, -0.1) is 0 Å². The van der Waals surface area contributed by atoms with Gasteiger partial charge in [-0.25, -0.2) is 0 Å². The molecule has 0 bridgehead atoms. The summed E-state index contributed by atoms with van der Waals surface area (Å²) in [4.78, 5) is 23.0. The number of ether oxygens (including phenoxy) is 3. The van der Waals surface area contributed by atoms with E-state index in [1.807, 2.05) is 0 Å². The van der Waals surface area contributed by atoms with Crippen LogP contribution in [0.15, 0.2) is 0 Å². The normalized spacial score (nSPS) is 36.9. The summed E-state index contributed by atoms with van der Waals surface area (Å²) in [5.41, 5.74) is 0. The first-order valence-corrected chi connectivity index (χ1v) is 12.2. The predicted molar refractivity (Wildman–Crippen MR) is 121 cm³/mol. The predicted octanol–water partition coefficient (Wildman–Crippen LogP) is -4.29. The first-order chi connectivity index (χ1) is 17.1. The van der Waals surface area contributed by atoms with Crippen LogP contribution in [0.25, 0.3) is 0 Å². The third-order valence-corrected chi connectivity index (χ3v) is 6.52. The first-order valence-electron chi connectivity index (χ1n) is 12.2. The van der Waals surface area contributed by atoms with Crippen molar-refractivity contribution in [1.29, 1.82) is 0 Å². The standard InChI is InChI=1S/C22H40N2O12/c1-23-14(26)4-2-3-5-15(27)24-6-7-34-22-21(33)20(32)18(30)13(36-22)10-35-12-8-11(9-25)16(28)19(31)17(12)29/h11-13,16-22,25,28-33H,2-10H2,1H3,(H,23,26)(H,24,27)/t11-,12+,13-,16-,17-,18-,19+,20+,21+,22+/m1/s1. The third kappa shape index (κ3) is 8.55. The number of amides is 2. The molecular formula is C22H40N2O12. The van der Waals surface area contributed by atoms with E-state index in [4.69, 9.17) is 14.2 Å². The Kier molecular flexibility index (Phi) is 12.9. The topological polar surface area (TPSA) is 227 Å². The average molecular weight is 525 g/mol. The highest BCUT2D eigenvalue weighted by atomic mass is 16.7. The molecule has 1 aliphatic carbocycles. The van der Waals surface area contributed by atoms with Crippen molar-refractivity contribution in [2.75, 3.05) is 33.4 Å². The number of unbranched alkanes of at least 4 members (excludes halogenated alkanes) is 1. The second-order valence-electron chi connectivity index (χ2n) is 9.14. The number of hydrogen-bond donors (Lipinski definition) is 9. The van der Waals surface area contributed by atoms with E-state index in [0.717, 1.165) is 0 Å². The zero-order chi connectivity index (χ0) is 26.8. The second-order valence-corrected chi connectivity index (χ2v) is 9.14. The molecule has 2 rings (SSSR count). The highest BCUT2D eigenvalue weighted by Crippen LogP contribution is 2.29. The quantitative estimate of drug-likeness (QED) is 0.104. The van der Waals surface area contributed by atoms with Gasteiger partial charge in [-0.2, -0.15) is 0 Å². The Morgan fingerprint density at radius 3 is 2.14 bits per heavy atom. The van der Waals surface area contributed by atoms with Crippen LogP contribution in [0.2, 0.25) is 0 Å². The van der Waals surface area contributed by atoms with Gasteiger partial charge in [0.25, 0.3) is 0 Å². The molecular weight excluding hydrogens is 484 g/mol. The minimum Gasteiger partial charge on any atom is -0.396 e. The lowest BCUT2D eigenvalue weighted by Gasteiger charge is -2.42. The Bertz CT molecular complexity index is 683. The summed E-state index contributed by atoms with van der Waals surface area (Å²) in [7, 11) is 1.54. The van der Waals surface area contributed by atoms with E-state index in [-0.39, 0.29) is 44.4 Å². The van der Waals surface area contributed by atoms with Crippen molar-refractivity contribution < 1.29 is 59.5 Å². The molecule has 2 amide bonds. The molecule has 0 aromatic rings. The monoisotopic (exact) mass is 524 g/mol. The van der Waals surface area contributed by atoms with Crippen molar-refractivity contribution in [3.8, 4) is 0 Å². The molecule has 0 spiro atoms. The molecule has 1 saturated heterocycles. The molecule has 1 aliphatic heterocycles. The van der Waals surface area contributed by atoms with Crippen molar-refractivity contribution in [2.45, 2.75) is 87.2 Å². The number of rotatable bonds is 13. The summed E-state index contributed by atoms with van der Waals surface area (Å²) >= 11 is 0. The molecule has 210 valence electrons. The van der Waals surface area contributed by atoms with Crippen LogP contribution in [0, 0.1) is 5.92 Å². The van der Waals surface area contributed by atoms with E-state index in [2.05, 4.69) is 10.6 Å². The Morgan fingerprint density at radius 2 is 1.50 bits per heavy atom. The van der Waals surface area contributed by atoms with Crippen molar-refractivity contribution >= 4 is 11.8 Å². The molecule has 14 nitrogen and oxygen atoms in total. The van der Waals surface area contributed by atoms with Gasteiger partial charge >= 0.3 is 0 Å². The fraction of sp³-hybridized carbons (Fsp3) is 0.909. The summed E-state index contributed by atoms with van der Waals surface area (Å²) in [5.74, 6) is -1.05. The number of aliphatic hydroxyl groups excluding tert-OH is 7. The maximum Gasteiger partial charge on any atom is 0.220 e. The van der Waals surface area contributed by atoms with Crippen LogP contribution in [0.5, 0.6) is 0 Å². The van der Waals surface area contributed by atoms with Gasteiger partial charge in [-0.1, -0.05) is 0 Å². The summed E-state index contributed by atoms with van der Waals surface area (Å²) < 4.78 is 16.5. The van der Waals surface area contributed by atoms with Crippen LogP contribution >= 0.6 is 0 Å². The van der Waals surface area contributed by atoms with E-state index < -0.39 is 67.6 Å². The summed E-state index contributed by atoms with van der Waals surface area (Å²) in [6.07, 6.45) is -10.8. The average Bonchev–Trinajstić information content (AvgIpc) is 2.87. The van der Waals surface area contributed by atoms with Crippen molar-refractivity contribution in [3.63, 3.8) is 0 Å². The van der Waals surface area contributed by atoms with Crippen LogP contribution in [0.3, 0.4) is 0 Å². The summed E-state index contributed by atoms with van der Waals surface area (Å²) in [6.45, 7) is -0.746. The van der Waals surface area contributed by atoms with Gasteiger partial charge < -0.3 is 60.6 Å². The molecule has 2 fully saturated rings. The molecule has 9 N–H and O–H groups in total. The van der Waals surface area contributed by atoms with E-state index in [0.29, 0.717) is 19.3 Å². The Hall–Kier alpha value is -1.46. The van der Waals surface area contributed by atoms with Crippen LogP contribution in [-0.2, 0) is 23.8 Å². The fourth-order valence-electron chi connectivity index (χ4n) is 4.19. The molecule has 0 unspecified atom stereocenters. The van der Waals surface area contributed by atoms with Crippen molar-refractivity contribution in [2.24, 2.45) is 5.92 Å². The number of nitrogens with one attached hydrogen (secondary N) is 2. The summed E-state index contributed by atoms with van der Waals surface area (Å²) in [5, 5.41) is 75.2.